The van der Waals surface area contributed by atoms with Crippen molar-refractivity contribution in [3.63, 3.8) is 0 Å². The number of aldehydes is 1. The number of ether oxygens (including phenoxy) is 1. The summed E-state index contributed by atoms with van der Waals surface area (Å²) in [5.74, 6) is -0.541. The van der Waals surface area contributed by atoms with Crippen LogP contribution in [0.15, 0.2) is 36.4 Å². The second kappa shape index (κ2) is 13.0. The van der Waals surface area contributed by atoms with E-state index in [1.54, 1.807) is 11.3 Å². The van der Waals surface area contributed by atoms with Gasteiger partial charge in [-0.05, 0) is 68.0 Å². The summed E-state index contributed by atoms with van der Waals surface area (Å²) in [6.45, 7) is 5.05. The maximum Gasteiger partial charge on any atom is 0.323 e. The summed E-state index contributed by atoms with van der Waals surface area (Å²) in [5, 5.41) is 14.9. The molecule has 0 radical (unpaired) electrons. The van der Waals surface area contributed by atoms with Gasteiger partial charge in [-0.25, -0.2) is 9.97 Å². The van der Waals surface area contributed by atoms with E-state index in [2.05, 4.69) is 22.4 Å². The number of aromatic nitrogens is 3. The lowest BCUT2D eigenvalue weighted by Gasteiger charge is -2.32. The van der Waals surface area contributed by atoms with E-state index in [-0.39, 0.29) is 5.92 Å². The first-order valence-electron chi connectivity index (χ1n) is 15.2. The molecule has 2 aliphatic rings. The van der Waals surface area contributed by atoms with Crippen LogP contribution in [0.2, 0.25) is 0 Å². The molecule has 1 saturated heterocycles. The van der Waals surface area contributed by atoms with Crippen LogP contribution in [0.5, 0.6) is 0 Å². The number of aryl methyl sites for hydroxylation is 2. The minimum atomic E-state index is -1.14. The van der Waals surface area contributed by atoms with Crippen molar-refractivity contribution in [1.29, 1.82) is 0 Å². The molecule has 6 rings (SSSR count). The molecule has 1 aromatic carbocycles. The number of carboxylic acid groups (broad SMARTS) is 1. The molecule has 0 bridgehead atoms. The first-order valence-corrected chi connectivity index (χ1v) is 16.0. The molecule has 2 fully saturated rings. The molecule has 1 saturated carbocycles. The average Bonchev–Trinajstić information content (AvgIpc) is 3.60. The van der Waals surface area contributed by atoms with Gasteiger partial charge in [0.1, 0.15) is 24.7 Å². The van der Waals surface area contributed by atoms with Crippen LogP contribution in [-0.2, 0) is 19.1 Å². The van der Waals surface area contributed by atoms with Crippen LogP contribution in [0.3, 0.4) is 0 Å². The van der Waals surface area contributed by atoms with Gasteiger partial charge < -0.3 is 24.5 Å². The molecular weight excluding hydrogens is 578 g/mol. The van der Waals surface area contributed by atoms with Gasteiger partial charge in [-0.2, -0.15) is 0 Å². The number of anilines is 1. The van der Waals surface area contributed by atoms with Gasteiger partial charge in [-0.15, -0.1) is 11.3 Å². The third-order valence-corrected chi connectivity index (χ3v) is 9.79. The predicted octanol–water partition coefficient (Wildman–Crippen LogP) is 5.27. The number of benzene rings is 1. The summed E-state index contributed by atoms with van der Waals surface area (Å²) in [6.07, 6.45) is 6.21. The highest BCUT2D eigenvalue weighted by molar-refractivity contribution is 7.15. The molecule has 2 atom stereocenters. The molecular formula is C33H37N5O5S. The number of fused-ring (bicyclic) bond motifs is 1. The van der Waals surface area contributed by atoms with Crippen LogP contribution < -0.4 is 10.2 Å². The van der Waals surface area contributed by atoms with Crippen LogP contribution in [0.1, 0.15) is 60.3 Å². The molecule has 3 aromatic heterocycles. The van der Waals surface area contributed by atoms with E-state index in [0.717, 1.165) is 81.0 Å². The molecule has 10 nitrogen and oxygen atoms in total. The highest BCUT2D eigenvalue weighted by atomic mass is 32.1. The Hall–Kier alpha value is -3.93. The topological polar surface area (TPSA) is 127 Å². The van der Waals surface area contributed by atoms with Gasteiger partial charge in [0.05, 0.1) is 45.2 Å². The molecule has 4 aromatic rings. The number of nitrogens with one attached hydrogen (secondary N) is 1. The van der Waals surface area contributed by atoms with Crippen molar-refractivity contribution in [3.8, 4) is 21.8 Å². The molecule has 2 N–H and O–H groups in total. The van der Waals surface area contributed by atoms with E-state index in [1.807, 2.05) is 42.7 Å². The smallest absolute Gasteiger partial charge is 0.323 e. The van der Waals surface area contributed by atoms with E-state index >= 15 is 0 Å². The van der Waals surface area contributed by atoms with Gasteiger partial charge in [0.15, 0.2) is 0 Å². The molecule has 4 heterocycles. The number of rotatable bonds is 10. The van der Waals surface area contributed by atoms with Gasteiger partial charge in [-0.1, -0.05) is 31.4 Å². The van der Waals surface area contributed by atoms with Crippen molar-refractivity contribution in [3.05, 3.63) is 52.7 Å². The summed E-state index contributed by atoms with van der Waals surface area (Å²) in [5.41, 5.74) is 5.38. The summed E-state index contributed by atoms with van der Waals surface area (Å²) in [4.78, 5) is 48.8. The van der Waals surface area contributed by atoms with Crippen LogP contribution >= 0.6 is 11.3 Å². The Kier molecular flexibility index (Phi) is 8.88. The number of nitrogens with zero attached hydrogens (tertiary/aromatic N) is 4. The van der Waals surface area contributed by atoms with Gasteiger partial charge in [-0.3, -0.25) is 14.5 Å². The second-order valence-electron chi connectivity index (χ2n) is 11.6. The number of morpholine rings is 1. The minimum Gasteiger partial charge on any atom is -0.480 e. The number of carbonyl (C=O) groups is 3. The number of carboxylic acids is 1. The van der Waals surface area contributed by atoms with Crippen LogP contribution in [0.4, 0.5) is 5.82 Å². The Morgan fingerprint density at radius 2 is 1.98 bits per heavy atom. The van der Waals surface area contributed by atoms with Crippen molar-refractivity contribution in [2.24, 2.45) is 0 Å². The number of aliphatic carboxylic acids is 1. The van der Waals surface area contributed by atoms with Gasteiger partial charge in [0.2, 0.25) is 6.41 Å². The lowest BCUT2D eigenvalue weighted by atomic mass is 9.83. The van der Waals surface area contributed by atoms with E-state index in [0.29, 0.717) is 31.9 Å². The standard InChI is InChI=1S/C33H37N5O5S/c1-20-33(44-21(2)35-20)27-11-8-23-14-24(9-10-26(23)36-27)32-25(22-6-4-3-5-7-22)15-30(37(19-40)17-31(41)42)38(32)28(18-39)29-16-34-12-13-43-29/h8-11,14-15,18-19,22,28-29,34H,3-7,12-13,16-17H2,1-2H3,(H,41,42). The SMILES string of the molecule is Cc1nc(C)c(-c2ccc3cc(-c4c(C5CCCCC5)cc(N(C=O)CC(=O)O)n4C(C=O)C4CNCCO4)ccc3n2)s1. The van der Waals surface area contributed by atoms with Crippen LogP contribution in [-0.4, -0.2) is 70.7 Å². The zero-order valence-electron chi connectivity index (χ0n) is 25.0. The molecule has 44 heavy (non-hydrogen) atoms. The monoisotopic (exact) mass is 615 g/mol. The molecule has 1 amide bonds. The van der Waals surface area contributed by atoms with E-state index < -0.39 is 24.7 Å². The lowest BCUT2D eigenvalue weighted by molar-refractivity contribution is -0.136. The number of carbonyl (C=O) groups excluding carboxylic acids is 2. The van der Waals surface area contributed by atoms with Crippen molar-refractivity contribution in [2.45, 2.75) is 64.0 Å². The Morgan fingerprint density at radius 3 is 2.64 bits per heavy atom. The Labute approximate surface area is 260 Å². The summed E-state index contributed by atoms with van der Waals surface area (Å²) in [6, 6.07) is 11.3. The zero-order chi connectivity index (χ0) is 30.8. The Balaban J connectivity index is 1.55. The molecule has 1 aliphatic carbocycles. The van der Waals surface area contributed by atoms with Crippen molar-refractivity contribution in [1.82, 2.24) is 19.9 Å². The summed E-state index contributed by atoms with van der Waals surface area (Å²) in [7, 11) is 0. The summed E-state index contributed by atoms with van der Waals surface area (Å²) >= 11 is 1.62. The molecule has 0 spiro atoms. The van der Waals surface area contributed by atoms with Crippen molar-refractivity contribution in [2.75, 3.05) is 31.1 Å². The first kappa shape index (κ1) is 30.1. The summed E-state index contributed by atoms with van der Waals surface area (Å²) < 4.78 is 7.91. The van der Waals surface area contributed by atoms with Gasteiger partial charge in [0, 0.05) is 18.5 Å². The highest BCUT2D eigenvalue weighted by Gasteiger charge is 2.34. The maximum atomic E-state index is 12.9. The second-order valence-corrected chi connectivity index (χ2v) is 12.8. The highest BCUT2D eigenvalue weighted by Crippen LogP contribution is 2.44. The molecule has 2 unspecified atom stereocenters. The van der Waals surface area contributed by atoms with E-state index in [9.17, 15) is 19.5 Å². The third kappa shape index (κ3) is 5.91. The number of hydrogen-bond donors (Lipinski definition) is 2. The predicted molar refractivity (Wildman–Crippen MR) is 170 cm³/mol. The third-order valence-electron chi connectivity index (χ3n) is 8.69. The molecule has 11 heteroatoms. The molecule has 230 valence electrons. The normalized spacial score (nSPS) is 18.3. The van der Waals surface area contributed by atoms with Crippen LogP contribution in [0.25, 0.3) is 32.7 Å². The Morgan fingerprint density at radius 1 is 1.16 bits per heavy atom. The maximum absolute atomic E-state index is 12.9. The lowest BCUT2D eigenvalue weighted by Crippen LogP contribution is -2.44. The van der Waals surface area contributed by atoms with Gasteiger partial charge >= 0.3 is 5.97 Å². The fraction of sp³-hybridized carbons (Fsp3) is 0.424. The van der Waals surface area contributed by atoms with Crippen molar-refractivity contribution < 1.29 is 24.2 Å². The number of hydrogen-bond acceptors (Lipinski definition) is 8. The van der Waals surface area contributed by atoms with E-state index in [1.165, 1.54) is 11.3 Å². The number of amides is 1. The fourth-order valence-corrected chi connectivity index (χ4v) is 7.58. The molecule has 1 aliphatic heterocycles. The number of pyridine rings is 1. The zero-order valence-corrected chi connectivity index (χ0v) is 25.8. The van der Waals surface area contributed by atoms with Crippen LogP contribution in [0, 0.1) is 13.8 Å². The number of thiazole rings is 1. The van der Waals surface area contributed by atoms with Gasteiger partial charge in [0.25, 0.3) is 0 Å². The first-order chi connectivity index (χ1) is 21.4. The quantitative estimate of drug-likeness (QED) is 0.231. The fourth-order valence-electron chi connectivity index (χ4n) is 6.69. The minimum absolute atomic E-state index is 0.212. The largest absolute Gasteiger partial charge is 0.480 e. The Bertz CT molecular complexity index is 1690. The van der Waals surface area contributed by atoms with E-state index in [4.69, 9.17) is 9.72 Å². The van der Waals surface area contributed by atoms with Crippen molar-refractivity contribution >= 4 is 46.7 Å². The average molecular weight is 616 g/mol.